The Balaban J connectivity index is 1.26. The van der Waals surface area contributed by atoms with Gasteiger partial charge in [-0.05, 0) is 80.0 Å². The summed E-state index contributed by atoms with van der Waals surface area (Å²) >= 11 is 0. The Hall–Kier alpha value is -3.36. The van der Waals surface area contributed by atoms with Gasteiger partial charge < -0.3 is 9.80 Å². The van der Waals surface area contributed by atoms with E-state index in [0.717, 1.165) is 68.4 Å². The highest BCUT2D eigenvalue weighted by Gasteiger charge is 2.31. The molecule has 2 aliphatic heterocycles. The van der Waals surface area contributed by atoms with Crippen LogP contribution in [0.2, 0.25) is 0 Å². The monoisotopic (exact) mass is 484 g/mol. The third-order valence-corrected chi connectivity index (χ3v) is 7.13. The smallest absolute Gasteiger partial charge is 0.339 e. The Labute approximate surface area is 201 Å². The van der Waals surface area contributed by atoms with Gasteiger partial charge in [0.2, 0.25) is 0 Å². The van der Waals surface area contributed by atoms with Gasteiger partial charge in [-0.3, -0.25) is 9.59 Å². The predicted octanol–water partition coefficient (Wildman–Crippen LogP) is 5.00. The number of likely N-dealkylation sites (tertiary alicyclic amines) is 2. The first-order valence-corrected chi connectivity index (χ1v) is 12.0. The van der Waals surface area contributed by atoms with E-state index in [-0.39, 0.29) is 23.3 Å². The van der Waals surface area contributed by atoms with Crippen molar-refractivity contribution in [3.05, 3.63) is 71.0 Å². The minimum absolute atomic E-state index is 0.0220. The summed E-state index contributed by atoms with van der Waals surface area (Å²) in [6.07, 6.45) is 3.79. The minimum Gasteiger partial charge on any atom is -0.339 e. The number of hydrogen-bond donors (Lipinski definition) is 0. The molecule has 2 amide bonds. The highest BCUT2D eigenvalue weighted by Crippen LogP contribution is 2.32. The fourth-order valence-corrected chi connectivity index (χ4v) is 5.08. The summed E-state index contributed by atoms with van der Waals surface area (Å²) in [7, 11) is 0. The summed E-state index contributed by atoms with van der Waals surface area (Å²) in [5, 5.41) is 4.36. The summed E-state index contributed by atoms with van der Waals surface area (Å²) in [6.45, 7) is 2.60. The van der Waals surface area contributed by atoms with Crippen molar-refractivity contribution in [3.8, 4) is 0 Å². The molecule has 9 heteroatoms. The van der Waals surface area contributed by atoms with Gasteiger partial charge >= 0.3 is 6.18 Å². The number of amides is 2. The lowest BCUT2D eigenvalue weighted by molar-refractivity contribution is -0.137. The van der Waals surface area contributed by atoms with Crippen molar-refractivity contribution in [3.63, 3.8) is 0 Å². The Morgan fingerprint density at radius 3 is 2.17 bits per heavy atom. The van der Waals surface area contributed by atoms with Gasteiger partial charge in [0.05, 0.1) is 22.8 Å². The minimum atomic E-state index is -4.42. The molecule has 4 heterocycles. The maximum atomic E-state index is 13.1. The number of hydrogen-bond acceptors (Lipinski definition) is 3. The molecule has 184 valence electrons. The molecule has 3 aromatic rings. The van der Waals surface area contributed by atoms with Crippen molar-refractivity contribution in [2.45, 2.75) is 44.2 Å². The molecule has 5 rings (SSSR count). The maximum Gasteiger partial charge on any atom is 0.416 e. The molecule has 2 aliphatic rings. The predicted molar refractivity (Wildman–Crippen MR) is 124 cm³/mol. The van der Waals surface area contributed by atoms with Crippen LogP contribution >= 0.6 is 0 Å². The van der Waals surface area contributed by atoms with Gasteiger partial charge in [0.25, 0.3) is 11.8 Å². The van der Waals surface area contributed by atoms with Crippen LogP contribution < -0.4 is 0 Å². The lowest BCUT2D eigenvalue weighted by Crippen LogP contribution is -2.38. The Morgan fingerprint density at radius 1 is 0.857 bits per heavy atom. The second-order valence-electron chi connectivity index (χ2n) is 9.34. The third-order valence-electron chi connectivity index (χ3n) is 7.13. The molecule has 2 aromatic heterocycles. The number of rotatable bonds is 3. The number of benzene rings is 1. The van der Waals surface area contributed by atoms with Crippen LogP contribution in [0.4, 0.5) is 13.2 Å². The quantitative estimate of drug-likeness (QED) is 0.526. The Bertz CT molecular complexity index is 1220. The van der Waals surface area contributed by atoms with E-state index < -0.39 is 11.7 Å². The second kappa shape index (κ2) is 9.36. The van der Waals surface area contributed by atoms with E-state index >= 15 is 0 Å². The van der Waals surface area contributed by atoms with Crippen LogP contribution in [-0.4, -0.2) is 57.4 Å². The Morgan fingerprint density at radius 2 is 1.51 bits per heavy atom. The van der Waals surface area contributed by atoms with Crippen LogP contribution in [0.3, 0.4) is 0 Å². The molecule has 0 aliphatic carbocycles. The first-order valence-electron chi connectivity index (χ1n) is 12.0. The first kappa shape index (κ1) is 23.4. The Kier molecular flexibility index (Phi) is 6.25. The van der Waals surface area contributed by atoms with Crippen LogP contribution in [-0.2, 0) is 6.18 Å². The summed E-state index contributed by atoms with van der Waals surface area (Å²) in [5.74, 6) is -0.00358. The molecule has 2 saturated heterocycles. The van der Waals surface area contributed by atoms with Crippen molar-refractivity contribution in [2.75, 3.05) is 26.2 Å². The zero-order valence-electron chi connectivity index (χ0n) is 19.3. The van der Waals surface area contributed by atoms with Gasteiger partial charge in [0.15, 0.2) is 0 Å². The van der Waals surface area contributed by atoms with Crippen LogP contribution in [0.5, 0.6) is 0 Å². The normalized spacial score (nSPS) is 17.7. The van der Waals surface area contributed by atoms with E-state index in [1.54, 1.807) is 15.6 Å². The fourth-order valence-electron chi connectivity index (χ4n) is 5.08. The molecule has 6 nitrogen and oxygen atoms in total. The molecule has 0 N–H and O–H groups in total. The molecule has 0 saturated carbocycles. The maximum absolute atomic E-state index is 13.1. The van der Waals surface area contributed by atoms with Crippen molar-refractivity contribution in [2.24, 2.45) is 0 Å². The van der Waals surface area contributed by atoms with Gasteiger partial charge in [0.1, 0.15) is 0 Å². The lowest BCUT2D eigenvalue weighted by atomic mass is 9.89. The van der Waals surface area contributed by atoms with Gasteiger partial charge in [-0.25, -0.2) is 4.52 Å². The highest BCUT2D eigenvalue weighted by molar-refractivity contribution is 6.00. The van der Waals surface area contributed by atoms with Crippen LogP contribution in [0, 0.1) is 0 Å². The molecule has 0 atom stereocenters. The summed E-state index contributed by atoms with van der Waals surface area (Å²) < 4.78 is 40.1. The molecule has 0 spiro atoms. The van der Waals surface area contributed by atoms with Gasteiger partial charge in [0, 0.05) is 37.9 Å². The van der Waals surface area contributed by atoms with Gasteiger partial charge in [-0.2, -0.15) is 18.3 Å². The van der Waals surface area contributed by atoms with Crippen molar-refractivity contribution < 1.29 is 22.8 Å². The molecule has 1 aromatic carbocycles. The fraction of sp³-hybridized carbons (Fsp3) is 0.423. The van der Waals surface area contributed by atoms with Gasteiger partial charge in [-0.15, -0.1) is 0 Å². The standard InChI is InChI=1S/C26H27F3N4O2/c27-26(28,29)21-6-4-19(5-7-21)24(34)32-13-8-18(9-14-32)20-10-15-33-23(16-20)22(17-30-33)25(35)31-11-2-1-3-12-31/h4-7,10,15-18H,1-3,8-9,11-14H2. The molecule has 0 radical (unpaired) electrons. The van der Waals surface area contributed by atoms with Crippen LogP contribution in [0.15, 0.2) is 48.8 Å². The number of pyridine rings is 1. The van der Waals surface area contributed by atoms with E-state index in [0.29, 0.717) is 18.7 Å². The lowest BCUT2D eigenvalue weighted by Gasteiger charge is -2.32. The topological polar surface area (TPSA) is 57.9 Å². The summed E-state index contributed by atoms with van der Waals surface area (Å²) in [6, 6.07) is 8.42. The molecule has 35 heavy (non-hydrogen) atoms. The summed E-state index contributed by atoms with van der Waals surface area (Å²) in [5.41, 5.74) is 2.01. The van der Waals surface area contributed by atoms with Crippen molar-refractivity contribution in [1.29, 1.82) is 0 Å². The zero-order chi connectivity index (χ0) is 24.6. The number of alkyl halides is 3. The number of carbonyl (C=O) groups is 2. The highest BCUT2D eigenvalue weighted by atomic mass is 19.4. The number of halogens is 3. The first-order chi connectivity index (χ1) is 16.8. The van der Waals surface area contributed by atoms with E-state index in [1.165, 1.54) is 12.1 Å². The number of aromatic nitrogens is 2. The number of nitrogens with zero attached hydrogens (tertiary/aromatic N) is 4. The van der Waals surface area contributed by atoms with Crippen LogP contribution in [0.25, 0.3) is 5.52 Å². The van der Waals surface area contributed by atoms with E-state index in [9.17, 15) is 22.8 Å². The average molecular weight is 485 g/mol. The molecule has 0 unspecified atom stereocenters. The van der Waals surface area contributed by atoms with Crippen molar-refractivity contribution >= 4 is 17.3 Å². The SMILES string of the molecule is O=C(c1ccc(C(F)(F)F)cc1)N1CCC(c2ccn3ncc(C(=O)N4CCCCC4)c3c2)CC1. The zero-order valence-corrected chi connectivity index (χ0v) is 19.3. The molecule has 0 bridgehead atoms. The van der Waals surface area contributed by atoms with Crippen molar-refractivity contribution in [1.82, 2.24) is 19.4 Å². The number of carbonyl (C=O) groups excluding carboxylic acids is 2. The number of fused-ring (bicyclic) bond motifs is 1. The molecule has 2 fully saturated rings. The third kappa shape index (κ3) is 4.76. The van der Waals surface area contributed by atoms with E-state index in [1.807, 2.05) is 23.2 Å². The molecular formula is C26H27F3N4O2. The average Bonchev–Trinajstić information content (AvgIpc) is 3.31. The summed E-state index contributed by atoms with van der Waals surface area (Å²) in [4.78, 5) is 29.5. The van der Waals surface area contributed by atoms with E-state index in [2.05, 4.69) is 5.10 Å². The number of piperidine rings is 2. The van der Waals surface area contributed by atoms with Gasteiger partial charge in [-0.1, -0.05) is 0 Å². The van der Waals surface area contributed by atoms with E-state index in [4.69, 9.17) is 0 Å². The largest absolute Gasteiger partial charge is 0.416 e. The molecular weight excluding hydrogens is 457 g/mol. The van der Waals surface area contributed by atoms with Crippen LogP contribution in [0.1, 0.15) is 69.9 Å². The second-order valence-corrected chi connectivity index (χ2v) is 9.34.